The summed E-state index contributed by atoms with van der Waals surface area (Å²) in [5.41, 5.74) is 2.63. The van der Waals surface area contributed by atoms with Gasteiger partial charge in [-0.2, -0.15) is 0 Å². The summed E-state index contributed by atoms with van der Waals surface area (Å²) in [5, 5.41) is 6.24. The second-order valence-corrected chi connectivity index (χ2v) is 6.16. The predicted octanol–water partition coefficient (Wildman–Crippen LogP) is 3.11. The van der Waals surface area contributed by atoms with Crippen molar-refractivity contribution in [3.8, 4) is 0 Å². The van der Waals surface area contributed by atoms with Gasteiger partial charge >= 0.3 is 0 Å². The first-order valence-electron chi connectivity index (χ1n) is 7.35. The quantitative estimate of drug-likeness (QED) is 0.884. The van der Waals surface area contributed by atoms with Crippen molar-refractivity contribution in [3.05, 3.63) is 58.6 Å². The Labute approximate surface area is 138 Å². The van der Waals surface area contributed by atoms with Crippen LogP contribution in [0.25, 0.3) is 0 Å². The number of amides is 1. The van der Waals surface area contributed by atoms with Crippen LogP contribution in [0.1, 0.15) is 10.4 Å². The molecular formula is C17H18BrN3O. The van der Waals surface area contributed by atoms with Crippen LogP contribution in [0.2, 0.25) is 0 Å². The molecule has 1 aliphatic heterocycles. The summed E-state index contributed by atoms with van der Waals surface area (Å²) in [5.74, 6) is -0.0887. The lowest BCUT2D eigenvalue weighted by atomic mass is 10.1. The van der Waals surface area contributed by atoms with Crippen LogP contribution in [-0.4, -0.2) is 32.1 Å². The third-order valence-corrected chi connectivity index (χ3v) is 4.24. The highest BCUT2D eigenvalue weighted by molar-refractivity contribution is 9.10. The van der Waals surface area contributed by atoms with E-state index in [0.717, 1.165) is 36.3 Å². The Morgan fingerprint density at radius 1 is 1.00 bits per heavy atom. The SMILES string of the molecule is O=C(Nc1ccc(Br)cc1)c1ccc(N2CCNCC2)cc1. The topological polar surface area (TPSA) is 44.4 Å². The smallest absolute Gasteiger partial charge is 0.255 e. The molecule has 0 unspecified atom stereocenters. The molecule has 2 N–H and O–H groups in total. The molecule has 22 heavy (non-hydrogen) atoms. The summed E-state index contributed by atoms with van der Waals surface area (Å²) < 4.78 is 0.992. The molecule has 1 fully saturated rings. The summed E-state index contributed by atoms with van der Waals surface area (Å²) in [6.07, 6.45) is 0. The number of piperazine rings is 1. The van der Waals surface area contributed by atoms with Crippen LogP contribution in [0.5, 0.6) is 0 Å². The summed E-state index contributed by atoms with van der Waals surface area (Å²) in [6.45, 7) is 4.02. The van der Waals surface area contributed by atoms with E-state index in [1.165, 1.54) is 5.69 Å². The van der Waals surface area contributed by atoms with Gasteiger partial charge in [-0.15, -0.1) is 0 Å². The van der Waals surface area contributed by atoms with Crippen molar-refractivity contribution >= 4 is 33.2 Å². The van der Waals surface area contributed by atoms with Crippen LogP contribution in [-0.2, 0) is 0 Å². The first-order chi connectivity index (χ1) is 10.7. The fourth-order valence-electron chi connectivity index (χ4n) is 2.48. The van der Waals surface area contributed by atoms with E-state index in [2.05, 4.69) is 31.5 Å². The number of nitrogens with one attached hydrogen (secondary N) is 2. The highest BCUT2D eigenvalue weighted by Crippen LogP contribution is 2.18. The van der Waals surface area contributed by atoms with Crippen molar-refractivity contribution in [1.82, 2.24) is 5.32 Å². The van der Waals surface area contributed by atoms with Crippen molar-refractivity contribution in [3.63, 3.8) is 0 Å². The Morgan fingerprint density at radius 3 is 2.27 bits per heavy atom. The molecular weight excluding hydrogens is 342 g/mol. The number of hydrogen-bond donors (Lipinski definition) is 2. The fraction of sp³-hybridized carbons (Fsp3) is 0.235. The van der Waals surface area contributed by atoms with Crippen molar-refractivity contribution in [2.75, 3.05) is 36.4 Å². The highest BCUT2D eigenvalue weighted by Gasteiger charge is 2.11. The van der Waals surface area contributed by atoms with E-state index in [1.54, 1.807) is 0 Å². The Balaban J connectivity index is 1.66. The molecule has 0 saturated carbocycles. The molecule has 0 bridgehead atoms. The minimum atomic E-state index is -0.0887. The van der Waals surface area contributed by atoms with Crippen LogP contribution < -0.4 is 15.5 Å². The maximum Gasteiger partial charge on any atom is 0.255 e. The maximum atomic E-state index is 12.2. The Morgan fingerprint density at radius 2 is 1.64 bits per heavy atom. The number of nitrogens with zero attached hydrogens (tertiary/aromatic N) is 1. The van der Waals surface area contributed by atoms with E-state index in [9.17, 15) is 4.79 Å². The predicted molar refractivity (Wildman–Crippen MR) is 93.6 cm³/mol. The molecule has 3 rings (SSSR count). The Bertz CT molecular complexity index is 634. The Hall–Kier alpha value is -1.85. The van der Waals surface area contributed by atoms with Gasteiger partial charge in [-0.1, -0.05) is 15.9 Å². The Kier molecular flexibility index (Phi) is 4.75. The van der Waals surface area contributed by atoms with E-state index in [1.807, 2.05) is 48.5 Å². The van der Waals surface area contributed by atoms with Gasteiger partial charge in [-0.05, 0) is 48.5 Å². The van der Waals surface area contributed by atoms with Gasteiger partial charge in [-0.25, -0.2) is 0 Å². The zero-order valence-corrected chi connectivity index (χ0v) is 13.8. The number of rotatable bonds is 3. The first kappa shape index (κ1) is 15.1. The molecule has 1 heterocycles. The second-order valence-electron chi connectivity index (χ2n) is 5.24. The number of halogens is 1. The van der Waals surface area contributed by atoms with E-state index in [4.69, 9.17) is 0 Å². The average Bonchev–Trinajstić information content (AvgIpc) is 2.58. The molecule has 1 amide bonds. The van der Waals surface area contributed by atoms with Crippen LogP contribution in [0.15, 0.2) is 53.0 Å². The van der Waals surface area contributed by atoms with Gasteiger partial charge < -0.3 is 15.5 Å². The van der Waals surface area contributed by atoms with Crippen LogP contribution in [0.3, 0.4) is 0 Å². The minimum Gasteiger partial charge on any atom is -0.369 e. The van der Waals surface area contributed by atoms with Crippen molar-refractivity contribution < 1.29 is 4.79 Å². The van der Waals surface area contributed by atoms with E-state index in [0.29, 0.717) is 5.56 Å². The first-order valence-corrected chi connectivity index (χ1v) is 8.14. The lowest BCUT2D eigenvalue weighted by Crippen LogP contribution is -2.43. The standard InChI is InChI=1S/C17H18BrN3O/c18-14-3-5-15(6-4-14)20-17(22)13-1-7-16(8-2-13)21-11-9-19-10-12-21/h1-8,19H,9-12H2,(H,20,22). The molecule has 114 valence electrons. The normalized spacial score (nSPS) is 14.7. The van der Waals surface area contributed by atoms with Crippen LogP contribution >= 0.6 is 15.9 Å². The third-order valence-electron chi connectivity index (χ3n) is 3.71. The van der Waals surface area contributed by atoms with Gasteiger partial charge in [0.2, 0.25) is 0 Å². The van der Waals surface area contributed by atoms with Crippen molar-refractivity contribution in [2.24, 2.45) is 0 Å². The molecule has 0 radical (unpaired) electrons. The molecule has 5 heteroatoms. The van der Waals surface area contributed by atoms with Crippen molar-refractivity contribution in [1.29, 1.82) is 0 Å². The van der Waals surface area contributed by atoms with Gasteiger partial charge in [-0.3, -0.25) is 4.79 Å². The number of carbonyl (C=O) groups excluding carboxylic acids is 1. The molecule has 2 aromatic rings. The van der Waals surface area contributed by atoms with Gasteiger partial charge in [0.05, 0.1) is 0 Å². The third kappa shape index (κ3) is 3.67. The van der Waals surface area contributed by atoms with Gasteiger partial charge in [0.15, 0.2) is 0 Å². The summed E-state index contributed by atoms with van der Waals surface area (Å²) >= 11 is 3.38. The fourth-order valence-corrected chi connectivity index (χ4v) is 2.75. The molecule has 0 aromatic heterocycles. The monoisotopic (exact) mass is 359 g/mol. The highest BCUT2D eigenvalue weighted by atomic mass is 79.9. The van der Waals surface area contributed by atoms with E-state index >= 15 is 0 Å². The molecule has 0 spiro atoms. The van der Waals surface area contributed by atoms with Gasteiger partial charge in [0, 0.05) is 47.6 Å². The maximum absolute atomic E-state index is 12.2. The number of hydrogen-bond acceptors (Lipinski definition) is 3. The zero-order chi connectivity index (χ0) is 15.4. The van der Waals surface area contributed by atoms with Crippen LogP contribution in [0, 0.1) is 0 Å². The van der Waals surface area contributed by atoms with E-state index < -0.39 is 0 Å². The molecule has 0 aliphatic carbocycles. The number of benzene rings is 2. The minimum absolute atomic E-state index is 0.0887. The van der Waals surface area contributed by atoms with Gasteiger partial charge in [0.1, 0.15) is 0 Å². The second kappa shape index (κ2) is 6.94. The molecule has 1 saturated heterocycles. The number of carbonyl (C=O) groups is 1. The molecule has 4 nitrogen and oxygen atoms in total. The molecule has 0 atom stereocenters. The van der Waals surface area contributed by atoms with Gasteiger partial charge in [0.25, 0.3) is 5.91 Å². The lowest BCUT2D eigenvalue weighted by molar-refractivity contribution is 0.102. The summed E-state index contributed by atoms with van der Waals surface area (Å²) in [6, 6.07) is 15.3. The average molecular weight is 360 g/mol. The molecule has 1 aliphatic rings. The molecule has 2 aromatic carbocycles. The van der Waals surface area contributed by atoms with Crippen LogP contribution in [0.4, 0.5) is 11.4 Å². The zero-order valence-electron chi connectivity index (χ0n) is 12.2. The number of anilines is 2. The summed E-state index contributed by atoms with van der Waals surface area (Å²) in [4.78, 5) is 14.6. The lowest BCUT2D eigenvalue weighted by Gasteiger charge is -2.29. The van der Waals surface area contributed by atoms with Crippen molar-refractivity contribution in [2.45, 2.75) is 0 Å². The summed E-state index contributed by atoms with van der Waals surface area (Å²) in [7, 11) is 0. The van der Waals surface area contributed by atoms with E-state index in [-0.39, 0.29) is 5.91 Å². The largest absolute Gasteiger partial charge is 0.369 e.